The Morgan fingerprint density at radius 1 is 1.58 bits per heavy atom. The first-order valence-corrected chi connectivity index (χ1v) is 4.70. The Morgan fingerprint density at radius 3 is 2.75 bits per heavy atom. The van der Waals surface area contributed by atoms with Gasteiger partial charge in [-0.25, -0.2) is 4.79 Å². The number of hydrogen-bond acceptors (Lipinski definition) is 2. The van der Waals surface area contributed by atoms with E-state index < -0.39 is 5.97 Å². The van der Waals surface area contributed by atoms with Crippen LogP contribution >= 0.6 is 28.6 Å². The fourth-order valence-corrected chi connectivity index (χ4v) is 1.69. The van der Waals surface area contributed by atoms with Gasteiger partial charge >= 0.3 is 5.97 Å². The van der Waals surface area contributed by atoms with Crippen LogP contribution in [0.3, 0.4) is 0 Å². The molecular formula is C8H7BrO2S. The van der Waals surface area contributed by atoms with Crippen molar-refractivity contribution >= 4 is 34.5 Å². The Kier molecular flexibility index (Phi) is 3.17. The number of carbonyl (C=O) groups is 1. The van der Waals surface area contributed by atoms with E-state index in [1.807, 2.05) is 0 Å². The topological polar surface area (TPSA) is 37.3 Å². The van der Waals surface area contributed by atoms with Crippen molar-refractivity contribution in [3.05, 3.63) is 33.8 Å². The summed E-state index contributed by atoms with van der Waals surface area (Å²) in [6.07, 6.45) is 0. The number of thiol groups is 1. The third kappa shape index (κ3) is 2.01. The maximum absolute atomic E-state index is 10.5. The number of hydrogen-bond donors (Lipinski definition) is 2. The molecule has 0 spiro atoms. The molecule has 0 fully saturated rings. The summed E-state index contributed by atoms with van der Waals surface area (Å²) in [6.45, 7) is 0. The van der Waals surface area contributed by atoms with E-state index in [1.54, 1.807) is 18.2 Å². The van der Waals surface area contributed by atoms with E-state index in [4.69, 9.17) is 5.11 Å². The van der Waals surface area contributed by atoms with Gasteiger partial charge in [0, 0.05) is 10.2 Å². The highest BCUT2D eigenvalue weighted by Gasteiger charge is 2.04. The van der Waals surface area contributed by atoms with Crippen molar-refractivity contribution in [2.45, 2.75) is 5.75 Å². The van der Waals surface area contributed by atoms with Gasteiger partial charge in [0.05, 0.1) is 5.56 Å². The standard InChI is InChI=1S/C8H7BrO2S/c9-7-2-1-5(8(10)11)3-6(7)4-12/h1-3,12H,4H2,(H,10,11). The van der Waals surface area contributed by atoms with Crippen molar-refractivity contribution in [1.29, 1.82) is 0 Å². The lowest BCUT2D eigenvalue weighted by molar-refractivity contribution is 0.0697. The van der Waals surface area contributed by atoms with Crippen molar-refractivity contribution < 1.29 is 9.90 Å². The van der Waals surface area contributed by atoms with Crippen LogP contribution in [0.5, 0.6) is 0 Å². The summed E-state index contributed by atoms with van der Waals surface area (Å²) in [5.41, 5.74) is 1.18. The summed E-state index contributed by atoms with van der Waals surface area (Å²) in [5, 5.41) is 8.66. The first-order chi connectivity index (χ1) is 5.65. The number of aromatic carboxylic acids is 1. The average molecular weight is 247 g/mol. The predicted octanol–water partition coefficient (Wildman–Crippen LogP) is 2.58. The molecule has 1 N–H and O–H groups in total. The van der Waals surface area contributed by atoms with Crippen molar-refractivity contribution in [1.82, 2.24) is 0 Å². The summed E-state index contributed by atoms with van der Waals surface area (Å²) in [6, 6.07) is 4.88. The van der Waals surface area contributed by atoms with E-state index in [-0.39, 0.29) is 0 Å². The molecule has 1 rings (SSSR count). The zero-order valence-corrected chi connectivity index (χ0v) is 8.60. The molecule has 2 nitrogen and oxygen atoms in total. The molecule has 4 heteroatoms. The summed E-state index contributed by atoms with van der Waals surface area (Å²) in [4.78, 5) is 10.5. The highest BCUT2D eigenvalue weighted by atomic mass is 79.9. The summed E-state index contributed by atoms with van der Waals surface area (Å²) in [5.74, 6) is -0.382. The van der Waals surface area contributed by atoms with Crippen LogP contribution in [-0.2, 0) is 5.75 Å². The SMILES string of the molecule is O=C(O)c1ccc(Br)c(CS)c1. The lowest BCUT2D eigenvalue weighted by atomic mass is 10.1. The predicted molar refractivity (Wildman–Crippen MR) is 53.8 cm³/mol. The highest BCUT2D eigenvalue weighted by molar-refractivity contribution is 9.10. The number of halogens is 1. The van der Waals surface area contributed by atoms with Crippen LogP contribution < -0.4 is 0 Å². The van der Waals surface area contributed by atoms with E-state index >= 15 is 0 Å². The highest BCUT2D eigenvalue weighted by Crippen LogP contribution is 2.19. The van der Waals surface area contributed by atoms with Gasteiger partial charge in [-0.2, -0.15) is 12.6 Å². The Balaban J connectivity index is 3.13. The molecule has 12 heavy (non-hydrogen) atoms. The van der Waals surface area contributed by atoms with Gasteiger partial charge < -0.3 is 5.11 Å². The second-order valence-corrected chi connectivity index (χ2v) is 3.44. The summed E-state index contributed by atoms with van der Waals surface area (Å²) >= 11 is 7.37. The lowest BCUT2D eigenvalue weighted by Crippen LogP contribution is -1.96. The molecule has 0 bridgehead atoms. The van der Waals surface area contributed by atoms with Gasteiger partial charge in [-0.3, -0.25) is 0 Å². The molecule has 64 valence electrons. The fraction of sp³-hybridized carbons (Fsp3) is 0.125. The second kappa shape index (κ2) is 3.96. The summed E-state index contributed by atoms with van der Waals surface area (Å²) < 4.78 is 0.891. The zero-order valence-electron chi connectivity index (χ0n) is 6.12. The van der Waals surface area contributed by atoms with E-state index in [0.29, 0.717) is 11.3 Å². The lowest BCUT2D eigenvalue weighted by Gasteiger charge is -2.01. The molecule has 0 aromatic heterocycles. The minimum Gasteiger partial charge on any atom is -0.478 e. The molecule has 0 heterocycles. The molecule has 0 aliphatic carbocycles. The Labute approximate surface area is 84.1 Å². The molecule has 0 radical (unpaired) electrons. The van der Waals surface area contributed by atoms with E-state index in [9.17, 15) is 4.79 Å². The van der Waals surface area contributed by atoms with Crippen molar-refractivity contribution in [3.8, 4) is 0 Å². The van der Waals surface area contributed by atoms with Gasteiger partial charge in [-0.05, 0) is 23.8 Å². The van der Waals surface area contributed by atoms with Gasteiger partial charge in [-0.1, -0.05) is 15.9 Å². The minimum atomic E-state index is -0.912. The Bertz CT molecular complexity index is 312. The summed E-state index contributed by atoms with van der Waals surface area (Å²) in [7, 11) is 0. The first-order valence-electron chi connectivity index (χ1n) is 3.27. The van der Waals surface area contributed by atoms with Gasteiger partial charge in [0.25, 0.3) is 0 Å². The number of benzene rings is 1. The van der Waals surface area contributed by atoms with Gasteiger partial charge in [0.1, 0.15) is 0 Å². The molecule has 0 aliphatic rings. The molecule has 0 saturated carbocycles. The molecule has 1 aromatic carbocycles. The maximum atomic E-state index is 10.5. The van der Waals surface area contributed by atoms with Crippen LogP contribution in [0.25, 0.3) is 0 Å². The smallest absolute Gasteiger partial charge is 0.335 e. The van der Waals surface area contributed by atoms with Crippen LogP contribution in [0, 0.1) is 0 Å². The van der Waals surface area contributed by atoms with Crippen molar-refractivity contribution in [3.63, 3.8) is 0 Å². The van der Waals surface area contributed by atoms with Crippen LogP contribution in [0.2, 0.25) is 0 Å². The third-order valence-electron chi connectivity index (χ3n) is 1.46. The fourth-order valence-electron chi connectivity index (χ4n) is 0.829. The Morgan fingerprint density at radius 2 is 2.25 bits per heavy atom. The number of rotatable bonds is 2. The molecule has 0 amide bonds. The number of carboxylic acid groups (broad SMARTS) is 1. The number of carboxylic acids is 1. The molecule has 1 aromatic rings. The minimum absolute atomic E-state index is 0.294. The van der Waals surface area contributed by atoms with Gasteiger partial charge in [0.15, 0.2) is 0 Å². The monoisotopic (exact) mass is 246 g/mol. The molecule has 0 saturated heterocycles. The van der Waals surface area contributed by atoms with Crippen molar-refractivity contribution in [2.24, 2.45) is 0 Å². The van der Waals surface area contributed by atoms with Crippen LogP contribution in [0.4, 0.5) is 0 Å². The molecule has 0 aliphatic heterocycles. The zero-order chi connectivity index (χ0) is 9.14. The van der Waals surface area contributed by atoms with Crippen molar-refractivity contribution in [2.75, 3.05) is 0 Å². The van der Waals surface area contributed by atoms with Crippen LogP contribution in [0.15, 0.2) is 22.7 Å². The molecule has 0 atom stereocenters. The van der Waals surface area contributed by atoms with E-state index in [0.717, 1.165) is 10.0 Å². The van der Waals surface area contributed by atoms with Gasteiger partial charge in [0.2, 0.25) is 0 Å². The third-order valence-corrected chi connectivity index (χ3v) is 2.58. The van der Waals surface area contributed by atoms with E-state index in [2.05, 4.69) is 28.6 Å². The second-order valence-electron chi connectivity index (χ2n) is 2.27. The first kappa shape index (κ1) is 9.61. The molecule has 0 unspecified atom stereocenters. The molecular weight excluding hydrogens is 240 g/mol. The Hall–Kier alpha value is -0.480. The average Bonchev–Trinajstić information content (AvgIpc) is 2.05. The normalized spacial score (nSPS) is 9.83. The van der Waals surface area contributed by atoms with E-state index in [1.165, 1.54) is 0 Å². The maximum Gasteiger partial charge on any atom is 0.335 e. The largest absolute Gasteiger partial charge is 0.478 e. The van der Waals surface area contributed by atoms with Gasteiger partial charge in [-0.15, -0.1) is 0 Å². The van der Waals surface area contributed by atoms with Crippen LogP contribution in [-0.4, -0.2) is 11.1 Å². The van der Waals surface area contributed by atoms with Crippen LogP contribution in [0.1, 0.15) is 15.9 Å². The quantitative estimate of drug-likeness (QED) is 0.788.